The minimum absolute atomic E-state index is 0. The summed E-state index contributed by atoms with van der Waals surface area (Å²) in [5, 5.41) is 0. The van der Waals surface area contributed by atoms with Crippen molar-refractivity contribution < 1.29 is 0 Å². The average Bonchev–Trinajstić information content (AvgIpc) is 0. The van der Waals surface area contributed by atoms with Crippen LogP contribution in [-0.2, 0) is 0 Å². The van der Waals surface area contributed by atoms with E-state index < -0.39 is 0 Å². The van der Waals surface area contributed by atoms with Gasteiger partial charge in [-0.25, -0.2) is 0 Å². The third-order valence-electron chi connectivity index (χ3n) is 0. The Kier molecular flexibility index (Phi) is 325. The Morgan fingerprint density at radius 2 is 0.250 bits per heavy atom. The Morgan fingerprint density at radius 1 is 0.250 bits per heavy atom. The van der Waals surface area contributed by atoms with Gasteiger partial charge in [0.2, 0.25) is 0 Å². The molecule has 8 heteroatoms. The topological polar surface area (TPSA) is 0 Å². The molecule has 0 spiro atoms. The van der Waals surface area contributed by atoms with E-state index in [0.717, 1.165) is 0 Å². The van der Waals surface area contributed by atoms with Gasteiger partial charge in [0, 0.05) is 241 Å². The third kappa shape index (κ3) is 37.0. The summed E-state index contributed by atoms with van der Waals surface area (Å²) in [6.07, 6.45) is 0. The molecule has 0 amide bonds. The standard InChI is InChI=1S/5Ca.3Ge. The van der Waals surface area contributed by atoms with Crippen LogP contribution in [0.3, 0.4) is 0 Å². The van der Waals surface area contributed by atoms with E-state index in [-0.39, 0.29) is 241 Å². The molecule has 22 valence electrons. The number of hydrogen-bond acceptors (Lipinski definition) is 0. The first kappa shape index (κ1) is 56.5. The fraction of sp³-hybridized carbons (Fsp3) is 0. The molecule has 0 aliphatic carbocycles. The van der Waals surface area contributed by atoms with Crippen LogP contribution in [0.2, 0.25) is 0 Å². The van der Waals surface area contributed by atoms with Crippen molar-refractivity contribution in [3.05, 3.63) is 0 Å². The largest absolute Gasteiger partial charge is 0 e. The van der Waals surface area contributed by atoms with Crippen molar-refractivity contribution in [1.82, 2.24) is 0 Å². The molecule has 8 heavy (non-hydrogen) atoms. The first-order chi connectivity index (χ1) is 0. The van der Waals surface area contributed by atoms with E-state index in [1.165, 1.54) is 0 Å². The van der Waals surface area contributed by atoms with Gasteiger partial charge in [-0.2, -0.15) is 0 Å². The molecule has 22 radical (unpaired) electrons. The number of hydrogen-bond donors (Lipinski definition) is 0. The van der Waals surface area contributed by atoms with Crippen molar-refractivity contribution in [3.8, 4) is 0 Å². The molecule has 0 saturated heterocycles. The summed E-state index contributed by atoms with van der Waals surface area (Å²) in [7, 11) is 0. The van der Waals surface area contributed by atoms with E-state index in [2.05, 4.69) is 0 Å². The molecule has 0 rings (SSSR count). The minimum atomic E-state index is 0. The van der Waals surface area contributed by atoms with Crippen LogP contribution in [0.5, 0.6) is 0 Å². The molecule has 0 unspecified atom stereocenters. The van der Waals surface area contributed by atoms with Gasteiger partial charge in [0.15, 0.2) is 0 Å². The monoisotopic (exact) mass is 422 g/mol. The summed E-state index contributed by atoms with van der Waals surface area (Å²) < 4.78 is 0. The van der Waals surface area contributed by atoms with Gasteiger partial charge in [0.25, 0.3) is 0 Å². The second kappa shape index (κ2) is 46.1. The van der Waals surface area contributed by atoms with Gasteiger partial charge in [0.1, 0.15) is 0 Å². The van der Waals surface area contributed by atoms with Crippen molar-refractivity contribution in [3.63, 3.8) is 0 Å². The van der Waals surface area contributed by atoms with Crippen LogP contribution in [0.25, 0.3) is 0 Å². The molecule has 0 aliphatic rings. The fourth-order valence-corrected chi connectivity index (χ4v) is 0. The van der Waals surface area contributed by atoms with Crippen LogP contribution < -0.4 is 0 Å². The maximum atomic E-state index is 0. The Balaban J connectivity index is 0. The van der Waals surface area contributed by atoms with Crippen molar-refractivity contribution >= 4 is 241 Å². The second-order valence-corrected chi connectivity index (χ2v) is 0. The zero-order valence-electron chi connectivity index (χ0n) is 5.04. The van der Waals surface area contributed by atoms with Crippen LogP contribution in [-0.4, -0.2) is 241 Å². The summed E-state index contributed by atoms with van der Waals surface area (Å²) >= 11 is 0. The molecule has 0 aromatic heterocycles. The van der Waals surface area contributed by atoms with Crippen molar-refractivity contribution in [2.45, 2.75) is 0 Å². The van der Waals surface area contributed by atoms with Crippen LogP contribution >= 0.6 is 0 Å². The fourth-order valence-electron chi connectivity index (χ4n) is 0. The Labute approximate surface area is 233 Å². The zero-order valence-corrected chi connectivity index (χ0v) is 22.4. The average molecular weight is 418 g/mol. The van der Waals surface area contributed by atoms with Crippen LogP contribution in [0, 0.1) is 0 Å². The smallest absolute Gasteiger partial charge is 0 e. The molecular weight excluding hydrogens is 418 g/mol. The van der Waals surface area contributed by atoms with Crippen molar-refractivity contribution in [1.29, 1.82) is 0 Å². The molecule has 0 N–H and O–H groups in total. The third-order valence-corrected chi connectivity index (χ3v) is 0. The van der Waals surface area contributed by atoms with Gasteiger partial charge in [-0.1, -0.05) is 0 Å². The summed E-state index contributed by atoms with van der Waals surface area (Å²) in [5.74, 6) is 0. The molecule has 0 saturated carbocycles. The van der Waals surface area contributed by atoms with Gasteiger partial charge >= 0.3 is 0 Å². The van der Waals surface area contributed by atoms with Crippen molar-refractivity contribution in [2.24, 2.45) is 0 Å². The summed E-state index contributed by atoms with van der Waals surface area (Å²) in [4.78, 5) is 0. The van der Waals surface area contributed by atoms with Gasteiger partial charge in [-0.15, -0.1) is 0 Å². The molecule has 0 nitrogen and oxygen atoms in total. The van der Waals surface area contributed by atoms with E-state index in [1.807, 2.05) is 0 Å². The first-order valence-corrected chi connectivity index (χ1v) is 0. The van der Waals surface area contributed by atoms with Crippen molar-refractivity contribution in [2.75, 3.05) is 0 Å². The molecular formula is Ca5Ge3. The van der Waals surface area contributed by atoms with Crippen LogP contribution in [0.1, 0.15) is 0 Å². The molecule has 0 aromatic carbocycles. The van der Waals surface area contributed by atoms with E-state index in [1.54, 1.807) is 0 Å². The normalized spacial score (nSPS) is 0. The first-order valence-electron chi connectivity index (χ1n) is 0. The Morgan fingerprint density at radius 3 is 0.250 bits per heavy atom. The minimum Gasteiger partial charge on any atom is 0 e. The van der Waals surface area contributed by atoms with Crippen LogP contribution in [0.4, 0.5) is 0 Å². The summed E-state index contributed by atoms with van der Waals surface area (Å²) in [5.41, 5.74) is 0. The van der Waals surface area contributed by atoms with Crippen LogP contribution in [0.15, 0.2) is 0 Å². The Bertz CT molecular complexity index is 7.64. The molecule has 0 bridgehead atoms. The summed E-state index contributed by atoms with van der Waals surface area (Å²) in [6, 6.07) is 0. The molecule has 0 aromatic rings. The predicted molar refractivity (Wildman–Crippen MR) is 46.0 cm³/mol. The van der Waals surface area contributed by atoms with E-state index in [9.17, 15) is 0 Å². The SMILES string of the molecule is [Ca].[Ca].[Ca].[Ca].[Ca].[Ge].[Ge].[Ge]. The molecule has 0 aliphatic heterocycles. The number of rotatable bonds is 0. The van der Waals surface area contributed by atoms with Gasteiger partial charge in [-0.3, -0.25) is 0 Å². The molecule has 0 heterocycles. The Hall–Kier alpha value is 7.93. The van der Waals surface area contributed by atoms with E-state index in [0.29, 0.717) is 0 Å². The van der Waals surface area contributed by atoms with E-state index >= 15 is 0 Å². The second-order valence-electron chi connectivity index (χ2n) is 0. The van der Waals surface area contributed by atoms with Gasteiger partial charge in [-0.05, 0) is 0 Å². The maximum Gasteiger partial charge on any atom is 0 e. The molecule has 0 atom stereocenters. The quantitative estimate of drug-likeness (QED) is 0.367. The molecule has 0 fully saturated rings. The van der Waals surface area contributed by atoms with Gasteiger partial charge in [0.05, 0.1) is 0 Å². The summed E-state index contributed by atoms with van der Waals surface area (Å²) in [6.45, 7) is 0. The predicted octanol–water partition coefficient (Wildman–Crippen LogP) is -3.05. The van der Waals surface area contributed by atoms with E-state index in [4.69, 9.17) is 0 Å². The maximum absolute atomic E-state index is 0. The van der Waals surface area contributed by atoms with Gasteiger partial charge < -0.3 is 0 Å². The zero-order chi connectivity index (χ0) is 0.